The van der Waals surface area contributed by atoms with Crippen LogP contribution in [0.25, 0.3) is 0 Å². The quantitative estimate of drug-likeness (QED) is 0.731. The number of nitrogens with one attached hydrogen (secondary N) is 1. The van der Waals surface area contributed by atoms with Crippen LogP contribution < -0.4 is 15.8 Å². The second-order valence-electron chi connectivity index (χ2n) is 5.76. The van der Waals surface area contributed by atoms with Crippen molar-refractivity contribution in [1.82, 2.24) is 0 Å². The number of ether oxygens (including phenoxy) is 1. The predicted octanol–water partition coefficient (Wildman–Crippen LogP) is 2.63. The third-order valence-corrected chi connectivity index (χ3v) is 3.99. The molecular weight excluding hydrogens is 240 g/mol. The second-order valence-corrected chi connectivity index (χ2v) is 5.76. The fraction of sp³-hybridized carbons (Fsp3) is 0.600. The van der Waals surface area contributed by atoms with Crippen LogP contribution in [0.4, 0.5) is 11.4 Å². The molecule has 0 saturated heterocycles. The van der Waals surface area contributed by atoms with Crippen LogP contribution in [0.3, 0.4) is 0 Å². The van der Waals surface area contributed by atoms with E-state index in [1.165, 1.54) is 0 Å². The lowest BCUT2D eigenvalue weighted by molar-refractivity contribution is 0.00501. The zero-order chi connectivity index (χ0) is 13.9. The van der Waals surface area contributed by atoms with Crippen molar-refractivity contribution in [2.24, 2.45) is 5.92 Å². The molecule has 1 aliphatic rings. The molecule has 1 aliphatic carbocycles. The molecule has 0 unspecified atom stereocenters. The Bertz CT molecular complexity index is 426. The molecule has 4 heteroatoms. The lowest BCUT2D eigenvalue weighted by Gasteiger charge is -2.35. The van der Waals surface area contributed by atoms with Gasteiger partial charge >= 0.3 is 0 Å². The average molecular weight is 264 g/mol. The normalized spacial score (nSPS) is 27.0. The molecule has 1 fully saturated rings. The lowest BCUT2D eigenvalue weighted by Crippen LogP contribution is -2.40. The van der Waals surface area contributed by atoms with Gasteiger partial charge in [0.15, 0.2) is 0 Å². The van der Waals surface area contributed by atoms with Gasteiger partial charge in [0.2, 0.25) is 0 Å². The molecule has 2 rings (SSSR count). The molecule has 4 nitrogen and oxygen atoms in total. The van der Waals surface area contributed by atoms with Crippen LogP contribution in [0, 0.1) is 5.92 Å². The topological polar surface area (TPSA) is 67.5 Å². The molecule has 1 saturated carbocycles. The number of hydrogen-bond donors (Lipinski definition) is 3. The first kappa shape index (κ1) is 14.0. The maximum Gasteiger partial charge on any atom is 0.122 e. The van der Waals surface area contributed by atoms with Gasteiger partial charge in [-0.15, -0.1) is 0 Å². The van der Waals surface area contributed by atoms with Gasteiger partial charge in [-0.05, 0) is 37.7 Å². The summed E-state index contributed by atoms with van der Waals surface area (Å²) in [5, 5.41) is 13.8. The van der Waals surface area contributed by atoms with Gasteiger partial charge in [-0.1, -0.05) is 6.92 Å². The third kappa shape index (κ3) is 3.77. The number of rotatable bonds is 4. The molecule has 0 atom stereocenters. The molecule has 106 valence electrons. The van der Waals surface area contributed by atoms with Gasteiger partial charge in [-0.3, -0.25) is 0 Å². The first-order chi connectivity index (χ1) is 9.00. The number of nitrogen functional groups attached to an aromatic ring is 1. The van der Waals surface area contributed by atoms with E-state index >= 15 is 0 Å². The summed E-state index contributed by atoms with van der Waals surface area (Å²) in [7, 11) is 1.62. The van der Waals surface area contributed by atoms with Crippen LogP contribution in [0.1, 0.15) is 32.6 Å². The van der Waals surface area contributed by atoms with E-state index in [9.17, 15) is 5.11 Å². The second kappa shape index (κ2) is 5.70. The predicted molar refractivity (Wildman–Crippen MR) is 78.5 cm³/mol. The number of benzene rings is 1. The monoisotopic (exact) mass is 264 g/mol. The van der Waals surface area contributed by atoms with Crippen molar-refractivity contribution >= 4 is 11.4 Å². The highest BCUT2D eigenvalue weighted by Gasteiger charge is 2.31. The van der Waals surface area contributed by atoms with Crippen molar-refractivity contribution in [3.8, 4) is 5.75 Å². The fourth-order valence-electron chi connectivity index (χ4n) is 2.58. The number of aliphatic hydroxyl groups is 1. The van der Waals surface area contributed by atoms with Gasteiger partial charge in [0.25, 0.3) is 0 Å². The molecule has 1 aromatic carbocycles. The van der Waals surface area contributed by atoms with E-state index in [1.54, 1.807) is 13.2 Å². The van der Waals surface area contributed by atoms with Gasteiger partial charge in [0, 0.05) is 30.1 Å². The minimum Gasteiger partial charge on any atom is -0.497 e. The number of nitrogens with two attached hydrogens (primary N) is 1. The smallest absolute Gasteiger partial charge is 0.122 e. The van der Waals surface area contributed by atoms with Crippen molar-refractivity contribution in [2.45, 2.75) is 38.2 Å². The molecule has 0 spiro atoms. The van der Waals surface area contributed by atoms with E-state index in [4.69, 9.17) is 10.5 Å². The molecule has 0 heterocycles. The Morgan fingerprint density at radius 3 is 2.68 bits per heavy atom. The van der Waals surface area contributed by atoms with E-state index < -0.39 is 5.60 Å². The maximum atomic E-state index is 10.5. The van der Waals surface area contributed by atoms with Crippen molar-refractivity contribution in [2.75, 3.05) is 24.7 Å². The molecule has 0 aliphatic heterocycles. The molecular formula is C15H24N2O2. The Morgan fingerprint density at radius 1 is 1.37 bits per heavy atom. The number of hydrogen-bond acceptors (Lipinski definition) is 4. The van der Waals surface area contributed by atoms with Crippen molar-refractivity contribution in [3.63, 3.8) is 0 Å². The summed E-state index contributed by atoms with van der Waals surface area (Å²) in [4.78, 5) is 0. The maximum absolute atomic E-state index is 10.5. The van der Waals surface area contributed by atoms with Crippen molar-refractivity contribution in [3.05, 3.63) is 18.2 Å². The Kier molecular flexibility index (Phi) is 4.20. The Morgan fingerprint density at radius 2 is 2.05 bits per heavy atom. The van der Waals surface area contributed by atoms with E-state index in [1.807, 2.05) is 12.1 Å². The summed E-state index contributed by atoms with van der Waals surface area (Å²) in [6, 6.07) is 5.53. The lowest BCUT2D eigenvalue weighted by atomic mass is 9.79. The minimum atomic E-state index is -0.593. The highest BCUT2D eigenvalue weighted by Crippen LogP contribution is 2.32. The van der Waals surface area contributed by atoms with E-state index in [0.717, 1.165) is 43.0 Å². The highest BCUT2D eigenvalue weighted by atomic mass is 16.5. The van der Waals surface area contributed by atoms with Crippen molar-refractivity contribution < 1.29 is 9.84 Å². The van der Waals surface area contributed by atoms with Crippen LogP contribution in [0.2, 0.25) is 0 Å². The van der Waals surface area contributed by atoms with Gasteiger partial charge in [0.05, 0.1) is 12.7 Å². The summed E-state index contributed by atoms with van der Waals surface area (Å²) in [5.41, 5.74) is 6.77. The molecule has 4 N–H and O–H groups in total. The van der Waals surface area contributed by atoms with Crippen LogP contribution >= 0.6 is 0 Å². The van der Waals surface area contributed by atoms with Crippen LogP contribution in [0.5, 0.6) is 5.75 Å². The van der Waals surface area contributed by atoms with E-state index in [0.29, 0.717) is 12.2 Å². The zero-order valence-corrected chi connectivity index (χ0v) is 11.8. The molecule has 0 radical (unpaired) electrons. The Balaban J connectivity index is 1.96. The first-order valence-corrected chi connectivity index (χ1v) is 6.91. The van der Waals surface area contributed by atoms with Gasteiger partial charge in [-0.25, -0.2) is 0 Å². The third-order valence-electron chi connectivity index (χ3n) is 3.99. The van der Waals surface area contributed by atoms with Crippen molar-refractivity contribution in [1.29, 1.82) is 0 Å². The Labute approximate surface area is 115 Å². The molecule has 0 aromatic heterocycles. The van der Waals surface area contributed by atoms with Crippen LogP contribution in [0.15, 0.2) is 18.2 Å². The SMILES string of the molecule is COc1cc(N)cc(NCC2(O)CCC(C)CC2)c1. The summed E-state index contributed by atoms with van der Waals surface area (Å²) in [5.74, 6) is 1.46. The molecule has 19 heavy (non-hydrogen) atoms. The van der Waals surface area contributed by atoms with E-state index in [2.05, 4.69) is 12.2 Å². The fourth-order valence-corrected chi connectivity index (χ4v) is 2.58. The van der Waals surface area contributed by atoms with Crippen LogP contribution in [-0.4, -0.2) is 24.4 Å². The minimum absolute atomic E-state index is 0.562. The number of anilines is 2. The highest BCUT2D eigenvalue weighted by molar-refractivity contribution is 5.59. The summed E-state index contributed by atoms with van der Waals surface area (Å²) in [6.45, 7) is 2.81. The summed E-state index contributed by atoms with van der Waals surface area (Å²) < 4.78 is 5.18. The Hall–Kier alpha value is -1.42. The van der Waals surface area contributed by atoms with E-state index in [-0.39, 0.29) is 0 Å². The van der Waals surface area contributed by atoms with Gasteiger partial charge in [0.1, 0.15) is 5.75 Å². The average Bonchev–Trinajstić information content (AvgIpc) is 2.40. The molecule has 0 bridgehead atoms. The molecule has 1 aromatic rings. The largest absolute Gasteiger partial charge is 0.497 e. The standard InChI is InChI=1S/C15H24N2O2/c1-11-3-5-15(18,6-4-11)10-17-13-7-12(16)8-14(9-13)19-2/h7-9,11,17-18H,3-6,10,16H2,1-2H3. The number of methoxy groups -OCH3 is 1. The summed E-state index contributed by atoms with van der Waals surface area (Å²) in [6.07, 6.45) is 3.91. The molecule has 0 amide bonds. The van der Waals surface area contributed by atoms with Gasteiger partial charge in [-0.2, -0.15) is 0 Å². The first-order valence-electron chi connectivity index (χ1n) is 6.91. The zero-order valence-electron chi connectivity index (χ0n) is 11.8. The summed E-state index contributed by atoms with van der Waals surface area (Å²) >= 11 is 0. The van der Waals surface area contributed by atoms with Crippen LogP contribution in [-0.2, 0) is 0 Å². The van der Waals surface area contributed by atoms with Gasteiger partial charge < -0.3 is 20.9 Å².